The molecule has 4 heteroatoms. The molecule has 1 atom stereocenters. The van der Waals surface area contributed by atoms with E-state index in [1.165, 1.54) is 6.07 Å². The van der Waals surface area contributed by atoms with Crippen LogP contribution in [0.15, 0.2) is 18.2 Å². The van der Waals surface area contributed by atoms with Gasteiger partial charge in [0, 0.05) is 18.7 Å². The Morgan fingerprint density at radius 2 is 2.33 bits per heavy atom. The van der Waals surface area contributed by atoms with Gasteiger partial charge < -0.3 is 10.0 Å². The molecule has 1 aliphatic rings. The zero-order valence-electron chi connectivity index (χ0n) is 10.4. The number of likely N-dealkylation sites (tertiary alicyclic amines) is 1. The van der Waals surface area contributed by atoms with E-state index in [1.807, 2.05) is 0 Å². The number of phenolic OH excluding ortho intramolecular Hbond substituents is 1. The van der Waals surface area contributed by atoms with Crippen molar-refractivity contribution in [1.82, 2.24) is 4.90 Å². The second kappa shape index (κ2) is 5.09. The van der Waals surface area contributed by atoms with E-state index in [9.17, 15) is 9.90 Å². The van der Waals surface area contributed by atoms with E-state index in [-0.39, 0.29) is 17.6 Å². The molecule has 1 amide bonds. The van der Waals surface area contributed by atoms with Crippen molar-refractivity contribution in [2.45, 2.75) is 19.8 Å². The Hall–Kier alpha value is -2.02. The Morgan fingerprint density at radius 3 is 3.00 bits per heavy atom. The summed E-state index contributed by atoms with van der Waals surface area (Å²) in [4.78, 5) is 14.1. The van der Waals surface area contributed by atoms with Crippen LogP contribution in [0.4, 0.5) is 0 Å². The molecule has 18 heavy (non-hydrogen) atoms. The lowest BCUT2D eigenvalue weighted by molar-refractivity contribution is 0.0698. The molecule has 0 bridgehead atoms. The van der Waals surface area contributed by atoms with Gasteiger partial charge in [-0.05, 0) is 43.5 Å². The van der Waals surface area contributed by atoms with E-state index in [0.29, 0.717) is 18.7 Å². The van der Waals surface area contributed by atoms with E-state index >= 15 is 0 Å². The summed E-state index contributed by atoms with van der Waals surface area (Å²) in [7, 11) is 0. The smallest absolute Gasteiger partial charge is 0.254 e. The first kappa shape index (κ1) is 12.4. The molecule has 1 aromatic rings. The normalized spacial score (nSPS) is 19.3. The molecule has 1 saturated heterocycles. The van der Waals surface area contributed by atoms with Gasteiger partial charge in [0.2, 0.25) is 0 Å². The van der Waals surface area contributed by atoms with Crippen molar-refractivity contribution < 1.29 is 9.90 Å². The van der Waals surface area contributed by atoms with Gasteiger partial charge in [0.25, 0.3) is 5.91 Å². The summed E-state index contributed by atoms with van der Waals surface area (Å²) in [5.74, 6) is 0.0603. The lowest BCUT2D eigenvalue weighted by Gasteiger charge is -2.30. The maximum absolute atomic E-state index is 12.3. The molecule has 0 saturated carbocycles. The minimum atomic E-state index is -0.0554. The van der Waals surface area contributed by atoms with Crippen molar-refractivity contribution in [1.29, 1.82) is 5.26 Å². The molecule has 1 N–H and O–H groups in total. The summed E-state index contributed by atoms with van der Waals surface area (Å²) in [5.41, 5.74) is 1.37. The lowest BCUT2D eigenvalue weighted by atomic mass is 9.98. The molecule has 0 spiro atoms. The standard InChI is InChI=1S/C14H16N2O2/c1-10-7-12(17)4-5-13(10)14(18)16-6-2-3-11(8-15)9-16/h4-5,7,11,17H,2-3,6,9H2,1H3. The Kier molecular flexibility index (Phi) is 3.52. The molecule has 1 aliphatic heterocycles. The molecule has 1 fully saturated rings. The van der Waals surface area contributed by atoms with Gasteiger partial charge in [0.1, 0.15) is 5.75 Å². The largest absolute Gasteiger partial charge is 0.508 e. The summed E-state index contributed by atoms with van der Waals surface area (Å²) >= 11 is 0. The molecule has 1 aromatic carbocycles. The SMILES string of the molecule is Cc1cc(O)ccc1C(=O)N1CCCC(C#N)C1. The number of aryl methyl sites for hydroxylation is 1. The maximum Gasteiger partial charge on any atom is 0.254 e. The Labute approximate surface area is 106 Å². The molecular weight excluding hydrogens is 228 g/mol. The highest BCUT2D eigenvalue weighted by molar-refractivity contribution is 5.95. The van der Waals surface area contributed by atoms with Crippen LogP contribution in [-0.4, -0.2) is 29.0 Å². The number of hydrogen-bond donors (Lipinski definition) is 1. The quantitative estimate of drug-likeness (QED) is 0.822. The van der Waals surface area contributed by atoms with Crippen molar-refractivity contribution >= 4 is 5.91 Å². The minimum Gasteiger partial charge on any atom is -0.508 e. The van der Waals surface area contributed by atoms with E-state index in [2.05, 4.69) is 6.07 Å². The number of rotatable bonds is 1. The summed E-state index contributed by atoms with van der Waals surface area (Å²) in [6.45, 7) is 3.02. The van der Waals surface area contributed by atoms with Crippen LogP contribution in [0, 0.1) is 24.2 Å². The molecule has 2 rings (SSSR count). The highest BCUT2D eigenvalue weighted by Crippen LogP contribution is 2.21. The van der Waals surface area contributed by atoms with Crippen LogP contribution in [0.25, 0.3) is 0 Å². The topological polar surface area (TPSA) is 64.3 Å². The highest BCUT2D eigenvalue weighted by Gasteiger charge is 2.25. The van der Waals surface area contributed by atoms with Crippen LogP contribution in [0.1, 0.15) is 28.8 Å². The first-order valence-electron chi connectivity index (χ1n) is 6.10. The number of piperidine rings is 1. The van der Waals surface area contributed by atoms with Crippen LogP contribution < -0.4 is 0 Å². The number of benzene rings is 1. The third-order valence-electron chi connectivity index (χ3n) is 3.33. The molecular formula is C14H16N2O2. The van der Waals surface area contributed by atoms with Crippen molar-refractivity contribution in [3.63, 3.8) is 0 Å². The van der Waals surface area contributed by atoms with E-state index in [4.69, 9.17) is 5.26 Å². The van der Waals surface area contributed by atoms with Crippen molar-refractivity contribution in [3.8, 4) is 11.8 Å². The number of phenols is 1. The monoisotopic (exact) mass is 244 g/mol. The van der Waals surface area contributed by atoms with Crippen LogP contribution in [0.2, 0.25) is 0 Å². The number of nitriles is 1. The van der Waals surface area contributed by atoms with Crippen molar-refractivity contribution in [2.75, 3.05) is 13.1 Å². The van der Waals surface area contributed by atoms with Gasteiger partial charge in [-0.2, -0.15) is 5.26 Å². The number of carbonyl (C=O) groups is 1. The van der Waals surface area contributed by atoms with E-state index < -0.39 is 0 Å². The molecule has 4 nitrogen and oxygen atoms in total. The average Bonchev–Trinajstić information content (AvgIpc) is 2.38. The van der Waals surface area contributed by atoms with Crippen LogP contribution in [-0.2, 0) is 0 Å². The van der Waals surface area contributed by atoms with Crippen LogP contribution in [0.3, 0.4) is 0 Å². The molecule has 0 aliphatic carbocycles. The predicted octanol–water partition coefficient (Wildman–Crippen LogP) is 2.08. The maximum atomic E-state index is 12.3. The average molecular weight is 244 g/mol. The third-order valence-corrected chi connectivity index (χ3v) is 3.33. The zero-order chi connectivity index (χ0) is 13.1. The molecule has 1 unspecified atom stereocenters. The molecule has 94 valence electrons. The number of amides is 1. The molecule has 0 radical (unpaired) electrons. The third kappa shape index (κ3) is 2.45. The number of carbonyl (C=O) groups excluding carboxylic acids is 1. The predicted molar refractivity (Wildman–Crippen MR) is 67.1 cm³/mol. The second-order valence-electron chi connectivity index (χ2n) is 4.72. The van der Waals surface area contributed by atoms with E-state index in [1.54, 1.807) is 24.0 Å². The van der Waals surface area contributed by atoms with Crippen LogP contribution >= 0.6 is 0 Å². The minimum absolute atomic E-state index is 0.0487. The summed E-state index contributed by atoms with van der Waals surface area (Å²) in [6, 6.07) is 6.97. The summed E-state index contributed by atoms with van der Waals surface area (Å²) in [5, 5.41) is 18.3. The molecule has 1 heterocycles. The fourth-order valence-electron chi connectivity index (χ4n) is 2.33. The first-order valence-corrected chi connectivity index (χ1v) is 6.10. The fourth-order valence-corrected chi connectivity index (χ4v) is 2.33. The Balaban J connectivity index is 2.18. The van der Waals surface area contributed by atoms with Gasteiger partial charge in [-0.3, -0.25) is 4.79 Å². The fraction of sp³-hybridized carbons (Fsp3) is 0.429. The number of hydrogen-bond acceptors (Lipinski definition) is 3. The van der Waals surface area contributed by atoms with Crippen LogP contribution in [0.5, 0.6) is 5.75 Å². The number of nitrogens with zero attached hydrogens (tertiary/aromatic N) is 2. The van der Waals surface area contributed by atoms with Gasteiger partial charge in [-0.1, -0.05) is 0 Å². The highest BCUT2D eigenvalue weighted by atomic mass is 16.3. The second-order valence-corrected chi connectivity index (χ2v) is 4.72. The number of aromatic hydroxyl groups is 1. The Morgan fingerprint density at radius 1 is 1.56 bits per heavy atom. The summed E-state index contributed by atoms with van der Waals surface area (Å²) < 4.78 is 0. The zero-order valence-corrected chi connectivity index (χ0v) is 10.4. The van der Waals surface area contributed by atoms with Gasteiger partial charge in [-0.25, -0.2) is 0 Å². The van der Waals surface area contributed by atoms with Crippen molar-refractivity contribution in [3.05, 3.63) is 29.3 Å². The van der Waals surface area contributed by atoms with Gasteiger partial charge >= 0.3 is 0 Å². The van der Waals surface area contributed by atoms with E-state index in [0.717, 1.165) is 18.4 Å². The first-order chi connectivity index (χ1) is 8.61. The van der Waals surface area contributed by atoms with Crippen molar-refractivity contribution in [2.24, 2.45) is 5.92 Å². The molecule has 0 aromatic heterocycles. The Bertz CT molecular complexity index is 505. The lowest BCUT2D eigenvalue weighted by Crippen LogP contribution is -2.39. The van der Waals surface area contributed by atoms with Gasteiger partial charge in [0.05, 0.1) is 12.0 Å². The van der Waals surface area contributed by atoms with Gasteiger partial charge in [-0.15, -0.1) is 0 Å². The van der Waals surface area contributed by atoms with Gasteiger partial charge in [0.15, 0.2) is 0 Å². The summed E-state index contributed by atoms with van der Waals surface area (Å²) in [6.07, 6.45) is 1.75.